The molecule has 0 aliphatic rings. The summed E-state index contributed by atoms with van der Waals surface area (Å²) in [6.07, 6.45) is 1.60. The average molecular weight is 261 g/mol. The fourth-order valence-electron chi connectivity index (χ4n) is 1.24. The number of urea groups is 1. The van der Waals surface area contributed by atoms with Crippen LogP contribution >= 0.6 is 12.2 Å². The number of hydrogen-bond donors (Lipinski definition) is 1. The number of carbonyl (C=O) groups is 1. The Morgan fingerprint density at radius 3 is 2.50 bits per heavy atom. The number of hydrogen-bond acceptors (Lipinski definition) is 4. The van der Waals surface area contributed by atoms with Crippen LogP contribution < -0.4 is 14.2 Å². The Morgan fingerprint density at radius 2 is 1.89 bits per heavy atom. The number of para-hydroxylation sites is 1. The zero-order valence-corrected chi connectivity index (χ0v) is 10.2. The van der Waals surface area contributed by atoms with Gasteiger partial charge in [0.25, 0.3) is 0 Å². The molecule has 0 spiro atoms. The van der Waals surface area contributed by atoms with Crippen molar-refractivity contribution in [3.05, 3.63) is 54.7 Å². The topological polar surface area (TPSA) is 68.5 Å². The number of amides is 2. The van der Waals surface area contributed by atoms with E-state index in [1.165, 1.54) is 4.31 Å². The molecular weight excluding hydrogens is 250 g/mol. The Labute approximate surface area is 109 Å². The van der Waals surface area contributed by atoms with Gasteiger partial charge < -0.3 is 9.92 Å². The Balaban J connectivity index is 2.06. The maximum Gasteiger partial charge on any atom is 0.332 e. The van der Waals surface area contributed by atoms with Crippen molar-refractivity contribution in [3.63, 3.8) is 0 Å². The first-order valence-corrected chi connectivity index (χ1v) is 5.87. The van der Waals surface area contributed by atoms with Crippen LogP contribution in [0.25, 0.3) is 0 Å². The molecule has 92 valence electrons. The van der Waals surface area contributed by atoms with E-state index in [2.05, 4.69) is 4.98 Å². The first-order chi connectivity index (χ1) is 8.77. The molecule has 2 aromatic rings. The van der Waals surface area contributed by atoms with Crippen molar-refractivity contribution < 1.29 is 8.98 Å². The molecule has 0 radical (unpaired) electrons. The summed E-state index contributed by atoms with van der Waals surface area (Å²) in [6, 6.07) is 13.7. The second-order valence-electron chi connectivity index (χ2n) is 3.29. The van der Waals surface area contributed by atoms with Crippen LogP contribution in [0.1, 0.15) is 0 Å². The Morgan fingerprint density at radius 1 is 1.17 bits per heavy atom. The van der Waals surface area contributed by atoms with Crippen LogP contribution in [0.2, 0.25) is 0 Å². The molecule has 2 rings (SSSR count). The smallest absolute Gasteiger partial charge is 0.332 e. The molecule has 0 unspecified atom stereocenters. The monoisotopic (exact) mass is 261 g/mol. The minimum atomic E-state index is -0.609. The molecule has 1 aromatic heterocycles. The molecule has 0 saturated carbocycles. The molecule has 0 fully saturated rings. The van der Waals surface area contributed by atoms with Crippen LogP contribution in [0.15, 0.2) is 54.7 Å². The van der Waals surface area contributed by atoms with Gasteiger partial charge in [-0.15, -0.1) is 0 Å². The third-order valence-corrected chi connectivity index (χ3v) is 2.81. The molecule has 0 saturated heterocycles. The third-order valence-electron chi connectivity index (χ3n) is 2.03. The van der Waals surface area contributed by atoms with Gasteiger partial charge in [0.15, 0.2) is 12.2 Å². The largest absolute Gasteiger partial charge is 0.384 e. The van der Waals surface area contributed by atoms with Crippen LogP contribution in [0, 0.1) is 0 Å². The highest BCUT2D eigenvalue weighted by Gasteiger charge is 2.15. The summed E-state index contributed by atoms with van der Waals surface area (Å²) in [4.78, 5) is 15.3. The number of primary amides is 1. The van der Waals surface area contributed by atoms with Gasteiger partial charge in [0.2, 0.25) is 5.88 Å². The van der Waals surface area contributed by atoms with Gasteiger partial charge >= 0.3 is 6.03 Å². The highest BCUT2D eigenvalue weighted by Crippen LogP contribution is 2.23. The SMILES string of the molecule is NC(=O)N(SOc1ccccn1)c1ccccc1. The van der Waals surface area contributed by atoms with Gasteiger partial charge in [-0.1, -0.05) is 24.3 Å². The number of carbonyl (C=O) groups excluding carboxylic acids is 1. The van der Waals surface area contributed by atoms with Crippen molar-refractivity contribution in [2.24, 2.45) is 5.73 Å². The van der Waals surface area contributed by atoms with Gasteiger partial charge in [0.05, 0.1) is 5.69 Å². The van der Waals surface area contributed by atoms with Gasteiger partial charge in [-0.3, -0.25) is 0 Å². The second-order valence-corrected chi connectivity index (χ2v) is 3.97. The van der Waals surface area contributed by atoms with Crippen LogP contribution in [-0.2, 0) is 0 Å². The molecule has 0 aliphatic carbocycles. The van der Waals surface area contributed by atoms with Crippen molar-refractivity contribution in [3.8, 4) is 5.88 Å². The lowest BCUT2D eigenvalue weighted by atomic mass is 10.3. The van der Waals surface area contributed by atoms with E-state index >= 15 is 0 Å². The third kappa shape index (κ3) is 3.14. The minimum absolute atomic E-state index is 0.407. The lowest BCUT2D eigenvalue weighted by Gasteiger charge is -2.17. The zero-order valence-electron chi connectivity index (χ0n) is 9.39. The van der Waals surface area contributed by atoms with Crippen molar-refractivity contribution in [2.45, 2.75) is 0 Å². The number of benzene rings is 1. The number of nitrogens with zero attached hydrogens (tertiary/aromatic N) is 2. The second kappa shape index (κ2) is 5.92. The summed E-state index contributed by atoms with van der Waals surface area (Å²) >= 11 is 0.832. The lowest BCUT2D eigenvalue weighted by Crippen LogP contribution is -2.30. The van der Waals surface area contributed by atoms with E-state index in [4.69, 9.17) is 9.92 Å². The van der Waals surface area contributed by atoms with E-state index in [0.717, 1.165) is 12.2 Å². The average Bonchev–Trinajstić information content (AvgIpc) is 2.41. The summed E-state index contributed by atoms with van der Waals surface area (Å²) in [7, 11) is 0. The van der Waals surface area contributed by atoms with Crippen molar-refractivity contribution >= 4 is 23.9 Å². The quantitative estimate of drug-likeness (QED) is 0.678. The molecule has 18 heavy (non-hydrogen) atoms. The molecule has 0 aliphatic heterocycles. The number of aromatic nitrogens is 1. The molecular formula is C12H11N3O2S. The fourth-order valence-corrected chi connectivity index (χ4v) is 1.77. The first kappa shape index (κ1) is 12.3. The van der Waals surface area contributed by atoms with E-state index in [1.807, 2.05) is 18.2 Å². The molecule has 2 N–H and O–H groups in total. The van der Waals surface area contributed by atoms with Crippen LogP contribution in [0.4, 0.5) is 10.5 Å². The molecule has 6 heteroatoms. The summed E-state index contributed by atoms with van der Waals surface area (Å²) in [6.45, 7) is 0. The number of nitrogens with two attached hydrogens (primary N) is 1. The van der Waals surface area contributed by atoms with Gasteiger partial charge in [-0.05, 0) is 18.2 Å². The first-order valence-electron chi connectivity index (χ1n) is 5.17. The Hall–Kier alpha value is -2.21. The lowest BCUT2D eigenvalue weighted by molar-refractivity contribution is 0.257. The van der Waals surface area contributed by atoms with Gasteiger partial charge in [-0.2, -0.15) is 0 Å². The predicted molar refractivity (Wildman–Crippen MR) is 71.0 cm³/mol. The van der Waals surface area contributed by atoms with E-state index in [9.17, 15) is 4.79 Å². The molecule has 0 bridgehead atoms. The maximum atomic E-state index is 11.3. The maximum absolute atomic E-state index is 11.3. The van der Waals surface area contributed by atoms with E-state index in [0.29, 0.717) is 11.6 Å². The van der Waals surface area contributed by atoms with Crippen molar-refractivity contribution in [2.75, 3.05) is 4.31 Å². The van der Waals surface area contributed by atoms with Crippen LogP contribution in [0.5, 0.6) is 5.88 Å². The van der Waals surface area contributed by atoms with Gasteiger partial charge in [-0.25, -0.2) is 14.1 Å². The molecule has 1 aromatic carbocycles. The highest BCUT2D eigenvalue weighted by atomic mass is 32.2. The number of pyridine rings is 1. The predicted octanol–water partition coefficient (Wildman–Crippen LogP) is 2.61. The van der Waals surface area contributed by atoms with E-state index < -0.39 is 6.03 Å². The van der Waals surface area contributed by atoms with Crippen LogP contribution in [-0.4, -0.2) is 11.0 Å². The summed E-state index contributed by atoms with van der Waals surface area (Å²) in [5, 5.41) is 0. The Kier molecular flexibility index (Phi) is 4.03. The number of rotatable bonds is 4. The summed E-state index contributed by atoms with van der Waals surface area (Å²) in [5.74, 6) is 0.407. The minimum Gasteiger partial charge on any atom is -0.384 e. The fraction of sp³-hybridized carbons (Fsp3) is 0. The molecule has 2 amide bonds. The zero-order chi connectivity index (χ0) is 12.8. The Bertz CT molecular complexity index is 507. The summed E-state index contributed by atoms with van der Waals surface area (Å²) < 4.78 is 6.56. The van der Waals surface area contributed by atoms with E-state index in [-0.39, 0.29) is 0 Å². The highest BCUT2D eigenvalue weighted by molar-refractivity contribution is 7.97. The number of anilines is 1. The normalized spacial score (nSPS) is 9.78. The van der Waals surface area contributed by atoms with Crippen LogP contribution in [0.3, 0.4) is 0 Å². The molecule has 0 atom stereocenters. The van der Waals surface area contributed by atoms with Crippen molar-refractivity contribution in [1.29, 1.82) is 0 Å². The van der Waals surface area contributed by atoms with Gasteiger partial charge in [0.1, 0.15) is 0 Å². The van der Waals surface area contributed by atoms with Crippen molar-refractivity contribution in [1.82, 2.24) is 4.98 Å². The van der Waals surface area contributed by atoms with E-state index in [1.54, 1.807) is 36.5 Å². The summed E-state index contributed by atoms with van der Waals surface area (Å²) in [5.41, 5.74) is 5.94. The standard InChI is InChI=1S/C12H11N3O2S/c13-12(16)15(10-6-2-1-3-7-10)18-17-11-8-4-5-9-14-11/h1-9H,(H2,13,16). The molecule has 5 nitrogen and oxygen atoms in total. The van der Waals surface area contributed by atoms with Gasteiger partial charge in [0, 0.05) is 12.3 Å². The molecule has 1 heterocycles.